The van der Waals surface area contributed by atoms with E-state index in [1.54, 1.807) is 7.05 Å². The van der Waals surface area contributed by atoms with Crippen LogP contribution in [0.25, 0.3) is 0 Å². The minimum Gasteiger partial charge on any atom is -0.478 e. The number of hydrogen-bond acceptors (Lipinski definition) is 5. The van der Waals surface area contributed by atoms with Crippen LogP contribution in [0.4, 0.5) is 5.69 Å². The zero-order valence-electron chi connectivity index (χ0n) is 11.9. The second-order valence-corrected chi connectivity index (χ2v) is 4.63. The van der Waals surface area contributed by atoms with Crippen molar-refractivity contribution < 1.29 is 24.4 Å². The van der Waals surface area contributed by atoms with E-state index in [0.717, 1.165) is 18.2 Å². The highest BCUT2D eigenvalue weighted by Crippen LogP contribution is 2.28. The minimum atomic E-state index is -1.24. The fourth-order valence-electron chi connectivity index (χ4n) is 1.44. The molecule has 0 fully saturated rings. The van der Waals surface area contributed by atoms with Crippen molar-refractivity contribution in [2.75, 3.05) is 13.7 Å². The van der Waals surface area contributed by atoms with E-state index in [9.17, 15) is 19.7 Å². The third-order valence-corrected chi connectivity index (χ3v) is 2.92. The molecule has 114 valence electrons. The number of nitrogens with zero attached hydrogens (tertiary/aromatic N) is 2. The van der Waals surface area contributed by atoms with E-state index in [1.165, 1.54) is 4.90 Å². The number of nitro groups is 1. The number of amides is 1. The van der Waals surface area contributed by atoms with E-state index in [4.69, 9.17) is 9.84 Å². The fraction of sp³-hybridized carbons (Fsp3) is 0.385. The molecule has 21 heavy (non-hydrogen) atoms. The van der Waals surface area contributed by atoms with Crippen molar-refractivity contribution in [3.63, 3.8) is 0 Å². The summed E-state index contributed by atoms with van der Waals surface area (Å²) in [5.41, 5.74) is -0.541. The molecular formula is C13H16N2O6. The number of rotatable bonds is 6. The van der Waals surface area contributed by atoms with Gasteiger partial charge in [-0.1, -0.05) is 0 Å². The van der Waals surface area contributed by atoms with Gasteiger partial charge in [-0.05, 0) is 19.9 Å². The number of carboxylic acid groups (broad SMARTS) is 1. The molecule has 1 amide bonds. The van der Waals surface area contributed by atoms with Gasteiger partial charge in [-0.15, -0.1) is 0 Å². The van der Waals surface area contributed by atoms with Gasteiger partial charge in [-0.2, -0.15) is 0 Å². The molecule has 0 saturated heterocycles. The second-order valence-electron chi connectivity index (χ2n) is 4.63. The van der Waals surface area contributed by atoms with Gasteiger partial charge in [0.2, 0.25) is 0 Å². The van der Waals surface area contributed by atoms with Crippen molar-refractivity contribution in [3.05, 3.63) is 33.9 Å². The number of hydrogen-bond donors (Lipinski definition) is 1. The molecule has 1 rings (SSSR count). The van der Waals surface area contributed by atoms with Crippen LogP contribution < -0.4 is 4.74 Å². The van der Waals surface area contributed by atoms with E-state index >= 15 is 0 Å². The number of likely N-dealkylation sites (N-methyl/N-ethyl adjacent to an activating group) is 1. The smallest absolute Gasteiger partial charge is 0.335 e. The summed E-state index contributed by atoms with van der Waals surface area (Å²) in [6.45, 7) is 3.22. The number of carboxylic acids is 1. The molecular weight excluding hydrogens is 280 g/mol. The highest BCUT2D eigenvalue weighted by atomic mass is 16.6. The van der Waals surface area contributed by atoms with Gasteiger partial charge in [-0.25, -0.2) is 4.79 Å². The quantitative estimate of drug-likeness (QED) is 0.629. The lowest BCUT2D eigenvalue weighted by Gasteiger charge is -2.21. The van der Waals surface area contributed by atoms with E-state index in [0.29, 0.717) is 0 Å². The molecule has 0 aliphatic rings. The Bertz CT molecular complexity index is 570. The van der Waals surface area contributed by atoms with Crippen molar-refractivity contribution in [2.45, 2.75) is 19.9 Å². The highest BCUT2D eigenvalue weighted by molar-refractivity contribution is 5.88. The number of benzene rings is 1. The molecule has 1 aromatic carbocycles. The summed E-state index contributed by atoms with van der Waals surface area (Å²) in [5.74, 6) is -1.84. The van der Waals surface area contributed by atoms with Gasteiger partial charge >= 0.3 is 11.7 Å². The Hall–Kier alpha value is -2.64. The molecule has 0 saturated carbocycles. The van der Waals surface area contributed by atoms with Crippen molar-refractivity contribution >= 4 is 17.6 Å². The van der Waals surface area contributed by atoms with E-state index in [2.05, 4.69) is 0 Å². The molecule has 0 heterocycles. The lowest BCUT2D eigenvalue weighted by Crippen LogP contribution is -2.36. The van der Waals surface area contributed by atoms with Gasteiger partial charge in [0.15, 0.2) is 12.4 Å². The monoisotopic (exact) mass is 296 g/mol. The average molecular weight is 296 g/mol. The first-order valence-corrected chi connectivity index (χ1v) is 6.14. The maximum atomic E-state index is 11.8. The largest absolute Gasteiger partial charge is 0.478 e. The Kier molecular flexibility index (Phi) is 5.23. The van der Waals surface area contributed by atoms with Crippen LogP contribution in [-0.2, 0) is 4.79 Å². The summed E-state index contributed by atoms with van der Waals surface area (Å²) in [5, 5.41) is 19.7. The van der Waals surface area contributed by atoms with Crippen molar-refractivity contribution in [1.29, 1.82) is 0 Å². The fourth-order valence-corrected chi connectivity index (χ4v) is 1.44. The number of carbonyl (C=O) groups excluding carboxylic acids is 1. The SMILES string of the molecule is CC(C)N(C)C(=O)COc1cc(C(=O)O)ccc1[N+](=O)[O-]. The lowest BCUT2D eigenvalue weighted by molar-refractivity contribution is -0.385. The molecule has 0 bridgehead atoms. The predicted octanol–water partition coefficient (Wildman–Crippen LogP) is 1.54. The average Bonchev–Trinajstić information content (AvgIpc) is 2.42. The van der Waals surface area contributed by atoms with Gasteiger partial charge in [0.1, 0.15) is 0 Å². The summed E-state index contributed by atoms with van der Waals surface area (Å²) in [6.07, 6.45) is 0. The summed E-state index contributed by atoms with van der Waals surface area (Å²) >= 11 is 0. The number of carbonyl (C=O) groups is 2. The number of nitro benzene ring substituents is 1. The predicted molar refractivity (Wildman–Crippen MR) is 73.5 cm³/mol. The van der Waals surface area contributed by atoms with Gasteiger partial charge in [0.25, 0.3) is 5.91 Å². The maximum absolute atomic E-state index is 11.8. The second kappa shape index (κ2) is 6.69. The molecule has 0 radical (unpaired) electrons. The lowest BCUT2D eigenvalue weighted by atomic mass is 10.2. The Morgan fingerprint density at radius 1 is 1.43 bits per heavy atom. The minimum absolute atomic E-state index is 0.0403. The van der Waals surface area contributed by atoms with E-state index in [1.807, 2.05) is 13.8 Å². The van der Waals surface area contributed by atoms with Crippen LogP contribution in [0.1, 0.15) is 24.2 Å². The third-order valence-electron chi connectivity index (χ3n) is 2.92. The molecule has 0 aliphatic carbocycles. The van der Waals surface area contributed by atoms with Crippen LogP contribution in [0.15, 0.2) is 18.2 Å². The standard InChI is InChI=1S/C13H16N2O6/c1-8(2)14(3)12(16)7-21-11-6-9(13(17)18)4-5-10(11)15(19)20/h4-6,8H,7H2,1-3H3,(H,17,18). The molecule has 1 aromatic rings. The summed E-state index contributed by atoms with van der Waals surface area (Å²) in [7, 11) is 1.58. The Morgan fingerprint density at radius 2 is 2.05 bits per heavy atom. The Labute approximate surface area is 121 Å². The van der Waals surface area contributed by atoms with Crippen molar-refractivity contribution in [1.82, 2.24) is 4.90 Å². The van der Waals surface area contributed by atoms with Crippen LogP contribution >= 0.6 is 0 Å². The summed E-state index contributed by atoms with van der Waals surface area (Å²) < 4.78 is 5.13. The zero-order chi connectivity index (χ0) is 16.2. The van der Waals surface area contributed by atoms with Crippen LogP contribution in [0.5, 0.6) is 5.75 Å². The highest BCUT2D eigenvalue weighted by Gasteiger charge is 2.20. The van der Waals surface area contributed by atoms with Crippen molar-refractivity contribution in [2.24, 2.45) is 0 Å². The molecule has 8 heteroatoms. The van der Waals surface area contributed by atoms with Crippen LogP contribution in [0.2, 0.25) is 0 Å². The first-order valence-electron chi connectivity index (χ1n) is 6.14. The van der Waals surface area contributed by atoms with Crippen LogP contribution in [0.3, 0.4) is 0 Å². The molecule has 1 N–H and O–H groups in total. The summed E-state index contributed by atoms with van der Waals surface area (Å²) in [4.78, 5) is 34.2. The molecule has 0 unspecified atom stereocenters. The third kappa shape index (κ3) is 4.16. The van der Waals surface area contributed by atoms with Crippen LogP contribution in [-0.4, -0.2) is 46.5 Å². The van der Waals surface area contributed by atoms with Crippen molar-refractivity contribution in [3.8, 4) is 5.75 Å². The Morgan fingerprint density at radius 3 is 2.52 bits per heavy atom. The number of ether oxygens (including phenoxy) is 1. The number of aromatic carboxylic acids is 1. The topological polar surface area (TPSA) is 110 Å². The summed E-state index contributed by atoms with van der Waals surface area (Å²) in [6, 6.07) is 3.13. The molecule has 0 spiro atoms. The first-order chi connectivity index (χ1) is 9.73. The van der Waals surface area contributed by atoms with E-state index in [-0.39, 0.29) is 28.9 Å². The molecule has 0 aliphatic heterocycles. The van der Waals surface area contributed by atoms with Gasteiger partial charge < -0.3 is 14.7 Å². The molecule has 0 aromatic heterocycles. The van der Waals surface area contributed by atoms with Crippen LogP contribution in [0, 0.1) is 10.1 Å². The normalized spacial score (nSPS) is 10.3. The zero-order valence-corrected chi connectivity index (χ0v) is 11.9. The first kappa shape index (κ1) is 16.4. The van der Waals surface area contributed by atoms with Gasteiger partial charge in [-0.3, -0.25) is 14.9 Å². The molecule has 0 atom stereocenters. The Balaban J connectivity index is 2.95. The maximum Gasteiger partial charge on any atom is 0.335 e. The molecule has 8 nitrogen and oxygen atoms in total. The van der Waals surface area contributed by atoms with E-state index < -0.39 is 17.5 Å². The van der Waals surface area contributed by atoms with Gasteiger partial charge in [0, 0.05) is 25.2 Å². The van der Waals surface area contributed by atoms with Gasteiger partial charge in [0.05, 0.1) is 10.5 Å².